The number of likely N-dealkylation sites (tertiary alicyclic amines) is 1. The Morgan fingerprint density at radius 3 is 2.77 bits per heavy atom. The molecule has 2 heterocycles. The standard InChI is InChI=1S/C18H20F3N3OS/c1-17(2)10-24(7-6-14(17)22)16(25)13-9-26-15(23-13)11-4-3-5-12(8-11)18(19,20)21/h3-5,8-9,14H,6-7,10,22H2,1-2H3. The van der Waals surface area contributed by atoms with E-state index >= 15 is 0 Å². The van der Waals surface area contributed by atoms with E-state index < -0.39 is 11.7 Å². The van der Waals surface area contributed by atoms with Gasteiger partial charge in [0.1, 0.15) is 10.7 Å². The Hall–Kier alpha value is -1.93. The number of carbonyl (C=O) groups is 1. The molecule has 2 aromatic rings. The number of thiazole rings is 1. The number of nitrogens with zero attached hydrogens (tertiary/aromatic N) is 2. The van der Waals surface area contributed by atoms with Gasteiger partial charge in [-0.1, -0.05) is 26.0 Å². The van der Waals surface area contributed by atoms with Crippen LogP contribution in [0.15, 0.2) is 29.6 Å². The van der Waals surface area contributed by atoms with Gasteiger partial charge in [0.05, 0.1) is 5.56 Å². The van der Waals surface area contributed by atoms with Crippen LogP contribution in [0.25, 0.3) is 10.6 Å². The molecule has 1 aromatic carbocycles. The van der Waals surface area contributed by atoms with Gasteiger partial charge in [-0.15, -0.1) is 11.3 Å². The van der Waals surface area contributed by atoms with Gasteiger partial charge in [-0.05, 0) is 24.0 Å². The number of aromatic nitrogens is 1. The largest absolute Gasteiger partial charge is 0.416 e. The third-order valence-electron chi connectivity index (χ3n) is 4.76. The molecule has 1 saturated heterocycles. The molecule has 2 N–H and O–H groups in total. The van der Waals surface area contributed by atoms with Crippen molar-refractivity contribution in [3.63, 3.8) is 0 Å². The fourth-order valence-corrected chi connectivity index (χ4v) is 3.83. The minimum atomic E-state index is -4.41. The van der Waals surface area contributed by atoms with Crippen molar-refractivity contribution in [3.8, 4) is 10.6 Å². The first-order chi connectivity index (χ1) is 12.1. The van der Waals surface area contributed by atoms with Crippen LogP contribution in [0.3, 0.4) is 0 Å². The molecule has 4 nitrogen and oxygen atoms in total. The van der Waals surface area contributed by atoms with Crippen molar-refractivity contribution < 1.29 is 18.0 Å². The molecule has 1 aromatic heterocycles. The molecule has 1 amide bonds. The molecular formula is C18H20F3N3OS. The highest BCUT2D eigenvalue weighted by atomic mass is 32.1. The Kier molecular flexibility index (Phi) is 4.83. The maximum Gasteiger partial charge on any atom is 0.416 e. The minimum Gasteiger partial charge on any atom is -0.337 e. The van der Waals surface area contributed by atoms with E-state index in [2.05, 4.69) is 4.98 Å². The summed E-state index contributed by atoms with van der Waals surface area (Å²) < 4.78 is 38.6. The van der Waals surface area contributed by atoms with Crippen molar-refractivity contribution in [2.24, 2.45) is 11.1 Å². The first kappa shape index (κ1) is 18.8. The quantitative estimate of drug-likeness (QED) is 0.852. The Bertz CT molecular complexity index is 816. The number of benzene rings is 1. The predicted octanol–water partition coefficient (Wildman–Crippen LogP) is 4.03. The Labute approximate surface area is 153 Å². The van der Waals surface area contributed by atoms with Crippen LogP contribution in [0.2, 0.25) is 0 Å². The fourth-order valence-electron chi connectivity index (χ4n) is 3.04. The zero-order chi connectivity index (χ0) is 19.1. The maximum absolute atomic E-state index is 12.9. The van der Waals surface area contributed by atoms with Crippen molar-refractivity contribution in [2.45, 2.75) is 32.5 Å². The van der Waals surface area contributed by atoms with E-state index in [1.165, 1.54) is 6.07 Å². The Morgan fingerprint density at radius 2 is 2.12 bits per heavy atom. The van der Waals surface area contributed by atoms with Crippen molar-refractivity contribution in [1.82, 2.24) is 9.88 Å². The summed E-state index contributed by atoms with van der Waals surface area (Å²) in [6.45, 7) is 5.13. The minimum absolute atomic E-state index is 0.0302. The van der Waals surface area contributed by atoms with Crippen molar-refractivity contribution in [3.05, 3.63) is 40.9 Å². The number of piperidine rings is 1. The lowest BCUT2D eigenvalue weighted by Gasteiger charge is -2.42. The number of alkyl halides is 3. The molecule has 1 aliphatic rings. The molecule has 8 heteroatoms. The van der Waals surface area contributed by atoms with Gasteiger partial charge in [-0.2, -0.15) is 13.2 Å². The summed E-state index contributed by atoms with van der Waals surface area (Å²) >= 11 is 1.16. The van der Waals surface area contributed by atoms with Crippen LogP contribution >= 0.6 is 11.3 Å². The molecule has 26 heavy (non-hydrogen) atoms. The zero-order valence-electron chi connectivity index (χ0n) is 14.5. The van der Waals surface area contributed by atoms with Gasteiger partial charge in [-0.25, -0.2) is 4.98 Å². The molecule has 1 atom stereocenters. The van der Waals surface area contributed by atoms with Gasteiger partial charge in [0.25, 0.3) is 5.91 Å². The summed E-state index contributed by atoms with van der Waals surface area (Å²) in [6.07, 6.45) is -3.70. The number of halogens is 3. The van der Waals surface area contributed by atoms with Gasteiger partial charge < -0.3 is 10.6 Å². The van der Waals surface area contributed by atoms with Crippen LogP contribution in [0, 0.1) is 5.41 Å². The van der Waals surface area contributed by atoms with Crippen LogP contribution in [-0.2, 0) is 6.18 Å². The van der Waals surface area contributed by atoms with E-state index in [1.807, 2.05) is 13.8 Å². The summed E-state index contributed by atoms with van der Waals surface area (Å²) in [4.78, 5) is 18.7. The lowest BCUT2D eigenvalue weighted by Crippen LogP contribution is -2.54. The van der Waals surface area contributed by atoms with Gasteiger partial charge in [-0.3, -0.25) is 4.79 Å². The molecule has 1 fully saturated rings. The molecule has 0 saturated carbocycles. The molecule has 0 spiro atoms. The van der Waals surface area contributed by atoms with Crippen LogP contribution in [0.4, 0.5) is 13.2 Å². The second kappa shape index (κ2) is 6.66. The van der Waals surface area contributed by atoms with E-state index in [1.54, 1.807) is 16.3 Å². The third-order valence-corrected chi connectivity index (χ3v) is 5.65. The summed E-state index contributed by atoms with van der Waals surface area (Å²) in [6, 6.07) is 5.00. The molecule has 0 bridgehead atoms. The van der Waals surface area contributed by atoms with E-state index in [4.69, 9.17) is 5.73 Å². The van der Waals surface area contributed by atoms with Crippen LogP contribution in [-0.4, -0.2) is 34.9 Å². The van der Waals surface area contributed by atoms with E-state index in [0.29, 0.717) is 30.1 Å². The number of amides is 1. The summed E-state index contributed by atoms with van der Waals surface area (Å²) in [5, 5.41) is 1.99. The third kappa shape index (κ3) is 3.76. The van der Waals surface area contributed by atoms with Crippen molar-refractivity contribution in [1.29, 1.82) is 0 Å². The van der Waals surface area contributed by atoms with E-state index in [9.17, 15) is 18.0 Å². The van der Waals surface area contributed by atoms with Gasteiger partial charge in [0, 0.05) is 30.1 Å². The lowest BCUT2D eigenvalue weighted by molar-refractivity contribution is -0.137. The molecule has 140 valence electrons. The number of rotatable bonds is 2. The molecule has 0 radical (unpaired) electrons. The summed E-state index contributed by atoms with van der Waals surface area (Å²) in [7, 11) is 0. The van der Waals surface area contributed by atoms with Crippen LogP contribution in [0.5, 0.6) is 0 Å². The number of nitrogens with two attached hydrogens (primary N) is 1. The maximum atomic E-state index is 12.9. The van der Waals surface area contributed by atoms with Gasteiger partial charge in [0.2, 0.25) is 0 Å². The summed E-state index contributed by atoms with van der Waals surface area (Å²) in [5.74, 6) is -0.209. The van der Waals surface area contributed by atoms with E-state index in [-0.39, 0.29) is 23.1 Å². The first-order valence-electron chi connectivity index (χ1n) is 8.26. The predicted molar refractivity (Wildman–Crippen MR) is 94.8 cm³/mol. The average Bonchev–Trinajstić information content (AvgIpc) is 3.06. The molecule has 3 rings (SSSR count). The number of hydrogen-bond acceptors (Lipinski definition) is 4. The van der Waals surface area contributed by atoms with E-state index in [0.717, 1.165) is 23.5 Å². The van der Waals surface area contributed by atoms with Crippen LogP contribution < -0.4 is 5.73 Å². The smallest absolute Gasteiger partial charge is 0.337 e. The monoisotopic (exact) mass is 383 g/mol. The first-order valence-corrected chi connectivity index (χ1v) is 9.14. The lowest BCUT2D eigenvalue weighted by atomic mass is 9.79. The summed E-state index contributed by atoms with van der Waals surface area (Å²) in [5.41, 5.74) is 5.79. The highest BCUT2D eigenvalue weighted by molar-refractivity contribution is 7.13. The topological polar surface area (TPSA) is 59.2 Å². The number of carbonyl (C=O) groups excluding carboxylic acids is 1. The highest BCUT2D eigenvalue weighted by Crippen LogP contribution is 2.34. The van der Waals surface area contributed by atoms with Gasteiger partial charge >= 0.3 is 6.18 Å². The molecule has 0 aliphatic carbocycles. The Balaban J connectivity index is 1.81. The highest BCUT2D eigenvalue weighted by Gasteiger charge is 2.36. The number of hydrogen-bond donors (Lipinski definition) is 1. The van der Waals surface area contributed by atoms with Crippen molar-refractivity contribution in [2.75, 3.05) is 13.1 Å². The molecule has 1 aliphatic heterocycles. The Morgan fingerprint density at radius 1 is 1.38 bits per heavy atom. The van der Waals surface area contributed by atoms with Crippen molar-refractivity contribution >= 4 is 17.2 Å². The fraction of sp³-hybridized carbons (Fsp3) is 0.444. The molecule has 1 unspecified atom stereocenters. The van der Waals surface area contributed by atoms with Crippen LogP contribution in [0.1, 0.15) is 36.3 Å². The van der Waals surface area contributed by atoms with Gasteiger partial charge in [0.15, 0.2) is 0 Å². The zero-order valence-corrected chi connectivity index (χ0v) is 15.3. The molecular weight excluding hydrogens is 363 g/mol. The normalized spacial score (nSPS) is 20.2. The SMILES string of the molecule is CC1(C)CN(C(=O)c2csc(-c3cccc(C(F)(F)F)c3)n2)CCC1N. The second-order valence-electron chi connectivity index (χ2n) is 7.23. The second-order valence-corrected chi connectivity index (χ2v) is 8.09. The average molecular weight is 383 g/mol.